The van der Waals surface area contributed by atoms with Crippen LogP contribution in [0.5, 0.6) is 11.5 Å². The number of carbonyl (C=O) groups excluding carboxylic acids is 1. The molecule has 1 saturated heterocycles. The molecule has 0 aliphatic carbocycles. The summed E-state index contributed by atoms with van der Waals surface area (Å²) >= 11 is 5.16. The largest absolute Gasteiger partial charge is 0.497 e. The Bertz CT molecular complexity index is 1030. The van der Waals surface area contributed by atoms with Crippen LogP contribution < -0.4 is 9.47 Å². The van der Waals surface area contributed by atoms with Crippen LogP contribution >= 0.6 is 12.2 Å². The van der Waals surface area contributed by atoms with Gasteiger partial charge in [0.2, 0.25) is 10.0 Å². The lowest BCUT2D eigenvalue weighted by atomic mass is 10.2. The average molecular weight is 424 g/mol. The highest BCUT2D eigenvalue weighted by atomic mass is 32.2. The minimum absolute atomic E-state index is 0.0413. The van der Waals surface area contributed by atoms with Gasteiger partial charge < -0.3 is 19.4 Å². The topological polar surface area (TPSA) is 91.9 Å². The number of sulfonamides is 1. The van der Waals surface area contributed by atoms with E-state index < -0.39 is 10.0 Å². The molecule has 0 saturated carbocycles. The monoisotopic (exact) mass is 423 g/mol. The number of methoxy groups -OCH3 is 2. The molecule has 0 atom stereocenters. The van der Waals surface area contributed by atoms with Gasteiger partial charge in [-0.3, -0.25) is 4.79 Å². The number of hydrogen-bond donors (Lipinski definition) is 1. The van der Waals surface area contributed by atoms with Crippen molar-refractivity contribution in [2.24, 2.45) is 0 Å². The molecule has 1 aromatic heterocycles. The Morgan fingerprint density at radius 1 is 1.11 bits per heavy atom. The first-order valence-electron chi connectivity index (χ1n) is 8.57. The van der Waals surface area contributed by atoms with E-state index in [1.54, 1.807) is 35.4 Å². The van der Waals surface area contributed by atoms with E-state index in [9.17, 15) is 13.2 Å². The molecule has 0 unspecified atom stereocenters. The van der Waals surface area contributed by atoms with Crippen LogP contribution in [0.4, 0.5) is 0 Å². The molecule has 0 radical (unpaired) electrons. The van der Waals surface area contributed by atoms with Crippen LogP contribution in [0.15, 0.2) is 41.4 Å². The predicted octanol–water partition coefficient (Wildman–Crippen LogP) is 1.91. The van der Waals surface area contributed by atoms with Crippen molar-refractivity contribution >= 4 is 28.1 Å². The van der Waals surface area contributed by atoms with Gasteiger partial charge in [0.25, 0.3) is 5.91 Å². The first-order chi connectivity index (χ1) is 13.4. The van der Waals surface area contributed by atoms with Gasteiger partial charge in [-0.05, 0) is 24.3 Å². The molecule has 1 N–H and O–H groups in total. The van der Waals surface area contributed by atoms with Gasteiger partial charge in [0.05, 0.1) is 19.8 Å². The smallest absolute Gasteiger partial charge is 0.256 e. The van der Waals surface area contributed by atoms with Crippen molar-refractivity contribution in [3.8, 4) is 11.5 Å². The van der Waals surface area contributed by atoms with E-state index >= 15 is 0 Å². The highest BCUT2D eigenvalue weighted by Crippen LogP contribution is 2.31. The molecule has 0 spiro atoms. The SMILES string of the molecule is COc1ccc(OC)c(S(=O)(=O)N2CCN(C(=O)c3ccc[nH]c3=S)CC2)c1. The number of nitrogens with one attached hydrogen (secondary N) is 1. The number of benzene rings is 1. The van der Waals surface area contributed by atoms with Crippen LogP contribution in [-0.2, 0) is 10.0 Å². The average Bonchev–Trinajstić information content (AvgIpc) is 2.73. The number of aromatic nitrogens is 1. The molecular weight excluding hydrogens is 402 g/mol. The molecule has 2 heterocycles. The maximum atomic E-state index is 13.1. The number of nitrogens with zero attached hydrogens (tertiary/aromatic N) is 2. The molecule has 8 nitrogen and oxygen atoms in total. The molecule has 1 amide bonds. The second kappa shape index (κ2) is 8.29. The maximum Gasteiger partial charge on any atom is 0.256 e. The zero-order valence-corrected chi connectivity index (χ0v) is 17.2. The first-order valence-corrected chi connectivity index (χ1v) is 10.4. The van der Waals surface area contributed by atoms with E-state index in [1.807, 2.05) is 0 Å². The van der Waals surface area contributed by atoms with Crippen molar-refractivity contribution in [2.75, 3.05) is 40.4 Å². The third-order valence-electron chi connectivity index (χ3n) is 4.56. The predicted molar refractivity (Wildman–Crippen MR) is 106 cm³/mol. The summed E-state index contributed by atoms with van der Waals surface area (Å²) in [5.74, 6) is 0.458. The van der Waals surface area contributed by atoms with E-state index in [-0.39, 0.29) is 42.7 Å². The number of carbonyl (C=O) groups is 1. The second-order valence-electron chi connectivity index (χ2n) is 6.13. The van der Waals surface area contributed by atoms with Crippen molar-refractivity contribution in [1.29, 1.82) is 0 Å². The van der Waals surface area contributed by atoms with Crippen molar-refractivity contribution in [3.63, 3.8) is 0 Å². The summed E-state index contributed by atoms with van der Waals surface area (Å²) in [5, 5.41) is 0. The van der Waals surface area contributed by atoms with Crippen molar-refractivity contribution in [1.82, 2.24) is 14.2 Å². The second-order valence-corrected chi connectivity index (χ2v) is 8.44. The fourth-order valence-corrected chi connectivity index (χ4v) is 4.83. The number of ether oxygens (including phenoxy) is 2. The highest BCUT2D eigenvalue weighted by molar-refractivity contribution is 7.89. The summed E-state index contributed by atoms with van der Waals surface area (Å²) in [6.07, 6.45) is 1.66. The quantitative estimate of drug-likeness (QED) is 0.739. The standard InChI is InChI=1S/C18H21N3O5S2/c1-25-13-5-6-15(26-2)16(12-13)28(23,24)21-10-8-20(9-11-21)18(22)14-4-3-7-19-17(14)27/h3-7,12H,8-11H2,1-2H3,(H,19,27). The van der Waals surface area contributed by atoms with E-state index in [0.717, 1.165) is 0 Å². The van der Waals surface area contributed by atoms with E-state index in [1.165, 1.54) is 24.6 Å². The molecule has 1 aromatic carbocycles. The zero-order chi connectivity index (χ0) is 20.3. The molecule has 28 heavy (non-hydrogen) atoms. The van der Waals surface area contributed by atoms with Gasteiger partial charge in [-0.2, -0.15) is 4.31 Å². The van der Waals surface area contributed by atoms with Gasteiger partial charge in [0.1, 0.15) is 21.0 Å². The summed E-state index contributed by atoms with van der Waals surface area (Å²) in [6, 6.07) is 8.00. The highest BCUT2D eigenvalue weighted by Gasteiger charge is 2.33. The number of H-pyrrole nitrogens is 1. The molecule has 10 heteroatoms. The third kappa shape index (κ3) is 3.89. The summed E-state index contributed by atoms with van der Waals surface area (Å²) in [7, 11) is -0.909. The lowest BCUT2D eigenvalue weighted by Gasteiger charge is -2.34. The number of pyridine rings is 1. The molecular formula is C18H21N3O5S2. The van der Waals surface area contributed by atoms with Gasteiger partial charge in [0, 0.05) is 38.4 Å². The lowest BCUT2D eigenvalue weighted by Crippen LogP contribution is -2.50. The van der Waals surface area contributed by atoms with Crippen LogP contribution in [0, 0.1) is 4.64 Å². The van der Waals surface area contributed by atoms with Gasteiger partial charge in [-0.15, -0.1) is 0 Å². The molecule has 1 aliphatic rings. The first kappa shape index (κ1) is 20.3. The van der Waals surface area contributed by atoms with Crippen LogP contribution in [-0.4, -0.2) is 68.9 Å². The van der Waals surface area contributed by atoms with E-state index in [0.29, 0.717) is 16.0 Å². The number of aromatic amines is 1. The normalized spacial score (nSPS) is 15.3. The Morgan fingerprint density at radius 3 is 2.43 bits per heavy atom. The van der Waals surface area contributed by atoms with E-state index in [2.05, 4.69) is 4.98 Å². The Morgan fingerprint density at radius 2 is 1.82 bits per heavy atom. The minimum Gasteiger partial charge on any atom is -0.497 e. The van der Waals surface area contributed by atoms with Gasteiger partial charge >= 0.3 is 0 Å². The molecule has 2 aromatic rings. The van der Waals surface area contributed by atoms with Crippen molar-refractivity contribution in [2.45, 2.75) is 4.90 Å². The fraction of sp³-hybridized carbons (Fsp3) is 0.333. The molecule has 0 bridgehead atoms. The Labute approximate surface area is 168 Å². The lowest BCUT2D eigenvalue weighted by molar-refractivity contribution is 0.0696. The van der Waals surface area contributed by atoms with Gasteiger partial charge in [-0.1, -0.05) is 12.2 Å². The van der Waals surface area contributed by atoms with Crippen molar-refractivity contribution in [3.05, 3.63) is 46.7 Å². The molecule has 150 valence electrons. The number of hydrogen-bond acceptors (Lipinski definition) is 6. The van der Waals surface area contributed by atoms with Crippen molar-refractivity contribution < 1.29 is 22.7 Å². The number of piperazine rings is 1. The number of rotatable bonds is 5. The molecule has 1 fully saturated rings. The Balaban J connectivity index is 1.78. The van der Waals surface area contributed by atoms with Gasteiger partial charge in [0.15, 0.2) is 0 Å². The third-order valence-corrected chi connectivity index (χ3v) is 6.82. The molecule has 3 rings (SSSR count). The minimum atomic E-state index is -3.80. The molecule has 1 aliphatic heterocycles. The summed E-state index contributed by atoms with van der Waals surface area (Å²) in [4.78, 5) is 17.1. The van der Waals surface area contributed by atoms with E-state index in [4.69, 9.17) is 21.7 Å². The zero-order valence-electron chi connectivity index (χ0n) is 15.5. The summed E-state index contributed by atoms with van der Waals surface area (Å²) < 4.78 is 38.3. The summed E-state index contributed by atoms with van der Waals surface area (Å²) in [5.41, 5.74) is 0.406. The van der Waals surface area contributed by atoms with Crippen LogP contribution in [0.25, 0.3) is 0 Å². The Hall–Kier alpha value is -2.43. The van der Waals surface area contributed by atoms with Gasteiger partial charge in [-0.25, -0.2) is 8.42 Å². The number of amides is 1. The van der Waals surface area contributed by atoms with Crippen LogP contribution in [0.3, 0.4) is 0 Å². The summed E-state index contributed by atoms with van der Waals surface area (Å²) in [6.45, 7) is 0.900. The Kier molecular flexibility index (Phi) is 6.01. The van der Waals surface area contributed by atoms with Crippen LogP contribution in [0.2, 0.25) is 0 Å². The van der Waals surface area contributed by atoms with Crippen LogP contribution in [0.1, 0.15) is 10.4 Å². The maximum absolute atomic E-state index is 13.1. The fourth-order valence-electron chi connectivity index (χ4n) is 3.02.